The highest BCUT2D eigenvalue weighted by Crippen LogP contribution is 2.26. The molecule has 0 saturated heterocycles. The van der Waals surface area contributed by atoms with Crippen molar-refractivity contribution in [3.05, 3.63) is 35.9 Å². The monoisotopic (exact) mass is 326 g/mol. The molecule has 0 fully saturated rings. The van der Waals surface area contributed by atoms with Crippen LogP contribution in [0.2, 0.25) is 0 Å². The number of hydrogen-bond donors (Lipinski definition) is 1. The van der Waals surface area contributed by atoms with Gasteiger partial charge in [0, 0.05) is 12.0 Å². The van der Waals surface area contributed by atoms with Crippen molar-refractivity contribution in [3.8, 4) is 6.07 Å². The van der Waals surface area contributed by atoms with Crippen LogP contribution in [-0.4, -0.2) is 38.5 Å². The summed E-state index contributed by atoms with van der Waals surface area (Å²) in [6, 6.07) is 12.1. The lowest BCUT2D eigenvalue weighted by Gasteiger charge is -2.28. The second kappa shape index (κ2) is 8.42. The molecule has 0 radical (unpaired) electrons. The van der Waals surface area contributed by atoms with E-state index in [-0.39, 0.29) is 5.75 Å². The summed E-state index contributed by atoms with van der Waals surface area (Å²) < 4.78 is 22.2. The molecule has 0 aliphatic heterocycles. The quantitative estimate of drug-likeness (QED) is 0.704. The van der Waals surface area contributed by atoms with E-state index in [0.717, 1.165) is 11.3 Å². The summed E-state index contributed by atoms with van der Waals surface area (Å²) in [7, 11) is -2.91. The molecule has 0 aromatic heterocycles. The van der Waals surface area contributed by atoms with Crippen molar-refractivity contribution in [2.75, 3.05) is 30.1 Å². The van der Waals surface area contributed by atoms with E-state index in [1.54, 1.807) is 11.8 Å². The van der Waals surface area contributed by atoms with Gasteiger partial charge in [-0.15, -0.1) is 0 Å². The summed E-state index contributed by atoms with van der Waals surface area (Å²) in [6.45, 7) is 2.68. The molecule has 116 valence electrons. The molecule has 0 heterocycles. The van der Waals surface area contributed by atoms with Crippen LogP contribution in [-0.2, 0) is 15.4 Å². The van der Waals surface area contributed by atoms with Crippen LogP contribution in [0.25, 0.3) is 0 Å². The second-order valence-electron chi connectivity index (χ2n) is 4.91. The van der Waals surface area contributed by atoms with E-state index < -0.39 is 15.4 Å². The Morgan fingerprint density at radius 1 is 1.29 bits per heavy atom. The first-order chi connectivity index (χ1) is 9.93. The highest BCUT2D eigenvalue weighted by Gasteiger charge is 2.30. The lowest BCUT2D eigenvalue weighted by Crippen LogP contribution is -2.41. The third-order valence-corrected chi connectivity index (χ3v) is 5.35. The lowest BCUT2D eigenvalue weighted by molar-refractivity contribution is 0.428. The van der Waals surface area contributed by atoms with E-state index in [9.17, 15) is 13.7 Å². The zero-order valence-corrected chi connectivity index (χ0v) is 14.1. The predicted molar refractivity (Wildman–Crippen MR) is 89.1 cm³/mol. The molecule has 21 heavy (non-hydrogen) atoms. The molecular weight excluding hydrogens is 304 g/mol. The summed E-state index contributed by atoms with van der Waals surface area (Å²) in [5.74, 6) is 1.50. The van der Waals surface area contributed by atoms with Gasteiger partial charge in [-0.05, 0) is 24.3 Å². The van der Waals surface area contributed by atoms with E-state index in [1.165, 1.54) is 6.26 Å². The standard InChI is InChI=1S/C15H22N2O2S2/c1-3-17-15(13-16,14-7-5-4-6-8-14)9-10-20-11-12-21(2,18)19/h4-8,17H,3,9-12H2,1-2H3. The van der Waals surface area contributed by atoms with Gasteiger partial charge < -0.3 is 0 Å². The van der Waals surface area contributed by atoms with E-state index in [4.69, 9.17) is 0 Å². The minimum Gasteiger partial charge on any atom is -0.296 e. The number of nitriles is 1. The van der Waals surface area contributed by atoms with Crippen LogP contribution >= 0.6 is 11.8 Å². The van der Waals surface area contributed by atoms with Gasteiger partial charge in [-0.25, -0.2) is 8.42 Å². The fraction of sp³-hybridized carbons (Fsp3) is 0.533. The van der Waals surface area contributed by atoms with Crippen LogP contribution in [0.3, 0.4) is 0 Å². The number of rotatable bonds is 9. The summed E-state index contributed by atoms with van der Waals surface area (Å²) in [5, 5.41) is 12.9. The molecule has 1 aromatic rings. The predicted octanol–water partition coefficient (Wildman–Crippen LogP) is 2.18. The minimum atomic E-state index is -2.91. The van der Waals surface area contributed by atoms with Gasteiger partial charge in [-0.1, -0.05) is 37.3 Å². The van der Waals surface area contributed by atoms with Gasteiger partial charge in [0.25, 0.3) is 0 Å². The number of hydrogen-bond acceptors (Lipinski definition) is 5. The Bertz CT molecular complexity index is 567. The molecule has 4 nitrogen and oxygen atoms in total. The molecule has 0 saturated carbocycles. The van der Waals surface area contributed by atoms with E-state index in [1.807, 2.05) is 37.3 Å². The first-order valence-electron chi connectivity index (χ1n) is 6.91. The van der Waals surface area contributed by atoms with Crippen LogP contribution in [0.15, 0.2) is 30.3 Å². The number of nitrogens with one attached hydrogen (secondary N) is 1. The SMILES string of the molecule is CCNC(C#N)(CCSCCS(C)(=O)=O)c1ccccc1. The molecule has 1 unspecified atom stereocenters. The smallest absolute Gasteiger partial charge is 0.148 e. The van der Waals surface area contributed by atoms with Crippen molar-refractivity contribution in [2.24, 2.45) is 0 Å². The van der Waals surface area contributed by atoms with Crippen LogP contribution in [0, 0.1) is 11.3 Å². The average Bonchev–Trinajstić information content (AvgIpc) is 2.45. The van der Waals surface area contributed by atoms with Crippen LogP contribution in [0.1, 0.15) is 18.9 Å². The fourth-order valence-electron chi connectivity index (χ4n) is 2.06. The molecule has 0 aliphatic rings. The van der Waals surface area contributed by atoms with Gasteiger partial charge in [-0.3, -0.25) is 5.32 Å². The maximum absolute atomic E-state index is 11.1. The minimum absolute atomic E-state index is 0.184. The average molecular weight is 326 g/mol. The third-order valence-electron chi connectivity index (χ3n) is 3.16. The zero-order chi connectivity index (χ0) is 15.8. The van der Waals surface area contributed by atoms with Gasteiger partial charge in [0.1, 0.15) is 15.4 Å². The first-order valence-corrected chi connectivity index (χ1v) is 10.1. The zero-order valence-electron chi connectivity index (χ0n) is 12.5. The van der Waals surface area contributed by atoms with Gasteiger partial charge in [0.2, 0.25) is 0 Å². The van der Waals surface area contributed by atoms with Crippen molar-refractivity contribution in [1.82, 2.24) is 5.32 Å². The molecule has 6 heteroatoms. The summed E-state index contributed by atoms with van der Waals surface area (Å²) >= 11 is 1.57. The maximum atomic E-state index is 11.1. The van der Waals surface area contributed by atoms with Crippen molar-refractivity contribution in [1.29, 1.82) is 5.26 Å². The molecule has 1 aromatic carbocycles. The molecule has 0 bridgehead atoms. The van der Waals surface area contributed by atoms with E-state index >= 15 is 0 Å². The van der Waals surface area contributed by atoms with Crippen molar-refractivity contribution < 1.29 is 8.42 Å². The van der Waals surface area contributed by atoms with Crippen molar-refractivity contribution in [3.63, 3.8) is 0 Å². The first kappa shape index (κ1) is 18.0. The number of sulfone groups is 1. The van der Waals surface area contributed by atoms with Crippen LogP contribution in [0.5, 0.6) is 0 Å². The Morgan fingerprint density at radius 3 is 2.48 bits per heavy atom. The number of nitrogens with zero attached hydrogens (tertiary/aromatic N) is 1. The molecule has 1 atom stereocenters. The molecule has 1 rings (SSSR count). The number of benzene rings is 1. The molecule has 0 aliphatic carbocycles. The molecule has 0 spiro atoms. The molecule has 1 N–H and O–H groups in total. The summed E-state index contributed by atoms with van der Waals surface area (Å²) in [5.41, 5.74) is 0.256. The Morgan fingerprint density at radius 2 is 1.95 bits per heavy atom. The topological polar surface area (TPSA) is 70.0 Å². The van der Waals surface area contributed by atoms with Crippen molar-refractivity contribution in [2.45, 2.75) is 18.9 Å². The highest BCUT2D eigenvalue weighted by atomic mass is 32.2. The fourth-order valence-corrected chi connectivity index (χ4v) is 4.39. The van der Waals surface area contributed by atoms with Crippen LogP contribution in [0.4, 0.5) is 0 Å². The Balaban J connectivity index is 2.66. The third kappa shape index (κ3) is 6.08. The van der Waals surface area contributed by atoms with E-state index in [0.29, 0.717) is 18.7 Å². The van der Waals surface area contributed by atoms with Gasteiger partial charge >= 0.3 is 0 Å². The Kier molecular flexibility index (Phi) is 7.23. The maximum Gasteiger partial charge on any atom is 0.148 e. The second-order valence-corrected chi connectivity index (χ2v) is 8.39. The lowest BCUT2D eigenvalue weighted by atomic mass is 9.88. The largest absolute Gasteiger partial charge is 0.296 e. The van der Waals surface area contributed by atoms with Gasteiger partial charge in [0.05, 0.1) is 11.8 Å². The Labute approximate surface area is 131 Å². The number of thioether (sulfide) groups is 1. The van der Waals surface area contributed by atoms with Crippen LogP contribution < -0.4 is 5.32 Å². The van der Waals surface area contributed by atoms with Gasteiger partial charge in [-0.2, -0.15) is 17.0 Å². The van der Waals surface area contributed by atoms with Gasteiger partial charge in [0.15, 0.2) is 0 Å². The Hall–Kier alpha value is -1.03. The highest BCUT2D eigenvalue weighted by molar-refractivity contribution is 8.00. The van der Waals surface area contributed by atoms with Crippen molar-refractivity contribution >= 4 is 21.6 Å². The summed E-state index contributed by atoms with van der Waals surface area (Å²) in [4.78, 5) is 0. The molecular formula is C15H22N2O2S2. The normalized spacial score (nSPS) is 14.3. The van der Waals surface area contributed by atoms with E-state index in [2.05, 4.69) is 11.4 Å². The molecule has 0 amide bonds. The summed E-state index contributed by atoms with van der Waals surface area (Å²) in [6.07, 6.45) is 1.89.